The van der Waals surface area contributed by atoms with E-state index >= 15 is 0 Å². The van der Waals surface area contributed by atoms with Crippen molar-refractivity contribution in [3.8, 4) is 0 Å². The Bertz CT molecular complexity index is 464. The Balaban J connectivity index is 1.59. The minimum Gasteiger partial charge on any atom is -0.396 e. The van der Waals surface area contributed by atoms with Crippen LogP contribution in [0.1, 0.15) is 31.2 Å². The first-order valence-corrected chi connectivity index (χ1v) is 9.91. The summed E-state index contributed by atoms with van der Waals surface area (Å²) in [5, 5.41) is 10.8. The zero-order valence-corrected chi connectivity index (χ0v) is 14.7. The van der Waals surface area contributed by atoms with Crippen molar-refractivity contribution >= 4 is 23.4 Å². The largest absolute Gasteiger partial charge is 0.396 e. The van der Waals surface area contributed by atoms with E-state index in [9.17, 15) is 5.11 Å². The van der Waals surface area contributed by atoms with Crippen LogP contribution < -0.4 is 0 Å². The predicted molar refractivity (Wildman–Crippen MR) is 95.8 cm³/mol. The molecule has 0 aliphatic carbocycles. The zero-order valence-electron chi connectivity index (χ0n) is 13.1. The van der Waals surface area contributed by atoms with E-state index in [0.717, 1.165) is 43.4 Å². The van der Waals surface area contributed by atoms with Crippen LogP contribution in [0, 0.1) is 5.41 Å². The van der Waals surface area contributed by atoms with Gasteiger partial charge in [0.2, 0.25) is 0 Å². The van der Waals surface area contributed by atoms with E-state index in [1.807, 2.05) is 12.1 Å². The van der Waals surface area contributed by atoms with Crippen LogP contribution in [0.5, 0.6) is 0 Å². The van der Waals surface area contributed by atoms with Crippen LogP contribution in [0.4, 0.5) is 0 Å². The molecule has 0 spiro atoms. The maximum atomic E-state index is 10.0. The summed E-state index contributed by atoms with van der Waals surface area (Å²) >= 11 is 8.06. The second-order valence-corrected chi connectivity index (χ2v) is 8.50. The molecule has 0 atom stereocenters. The summed E-state index contributed by atoms with van der Waals surface area (Å²) in [6.07, 6.45) is 5.86. The highest BCUT2D eigenvalue weighted by atomic mass is 35.5. The molecule has 0 bridgehead atoms. The van der Waals surface area contributed by atoms with E-state index in [0.29, 0.717) is 6.61 Å². The van der Waals surface area contributed by atoms with Crippen molar-refractivity contribution in [3.63, 3.8) is 0 Å². The first kappa shape index (κ1) is 16.6. The zero-order chi connectivity index (χ0) is 15.4. The number of piperidine rings is 1. The Labute approximate surface area is 143 Å². The van der Waals surface area contributed by atoms with E-state index in [2.05, 4.69) is 28.8 Å². The molecule has 3 rings (SSSR count). The number of aliphatic hydroxyl groups excluding tert-OH is 1. The van der Waals surface area contributed by atoms with Gasteiger partial charge in [-0.3, -0.25) is 0 Å². The molecule has 0 aromatic heterocycles. The number of benzene rings is 1. The third-order valence-electron chi connectivity index (χ3n) is 5.39. The van der Waals surface area contributed by atoms with Gasteiger partial charge in [-0.25, -0.2) is 0 Å². The topological polar surface area (TPSA) is 23.5 Å². The van der Waals surface area contributed by atoms with Gasteiger partial charge in [-0.1, -0.05) is 23.7 Å². The molecule has 1 aromatic rings. The highest BCUT2D eigenvalue weighted by Gasteiger charge is 2.36. The van der Waals surface area contributed by atoms with Gasteiger partial charge in [0.15, 0.2) is 0 Å². The van der Waals surface area contributed by atoms with Crippen LogP contribution in [0.25, 0.3) is 0 Å². The smallest absolute Gasteiger partial charge is 0.0491 e. The number of thioether (sulfide) groups is 1. The average molecular weight is 340 g/mol. The molecule has 122 valence electrons. The fourth-order valence-electron chi connectivity index (χ4n) is 3.84. The highest BCUT2D eigenvalue weighted by Crippen LogP contribution is 2.37. The summed E-state index contributed by atoms with van der Waals surface area (Å²) in [5.41, 5.74) is 1.36. The molecule has 2 nitrogen and oxygen atoms in total. The maximum Gasteiger partial charge on any atom is 0.0491 e. The van der Waals surface area contributed by atoms with Gasteiger partial charge < -0.3 is 10.0 Å². The Kier molecular flexibility index (Phi) is 5.72. The molecule has 22 heavy (non-hydrogen) atoms. The standard InChI is InChI=1S/C18H26ClNOS/c19-16-3-1-15(2-4-16)13-18(14-21)7-9-20(10-8-18)17-5-11-22-12-6-17/h1-4,17,21H,5-14H2. The van der Waals surface area contributed by atoms with E-state index in [4.69, 9.17) is 11.6 Å². The summed E-state index contributed by atoms with van der Waals surface area (Å²) in [5.74, 6) is 2.63. The fraction of sp³-hybridized carbons (Fsp3) is 0.667. The lowest BCUT2D eigenvalue weighted by atomic mass is 9.74. The van der Waals surface area contributed by atoms with Crippen LogP contribution in [0.3, 0.4) is 0 Å². The first-order chi connectivity index (χ1) is 10.7. The number of aliphatic hydroxyl groups is 1. The minimum atomic E-state index is 0.0632. The number of hydrogen-bond acceptors (Lipinski definition) is 3. The van der Waals surface area contributed by atoms with Gasteiger partial charge in [-0.05, 0) is 79.8 Å². The lowest BCUT2D eigenvalue weighted by Crippen LogP contribution is -2.48. The lowest BCUT2D eigenvalue weighted by molar-refractivity contribution is 0.0256. The molecule has 2 saturated heterocycles. The van der Waals surface area contributed by atoms with Gasteiger partial charge in [0, 0.05) is 17.7 Å². The fourth-order valence-corrected chi connectivity index (χ4v) is 5.05. The molecule has 0 unspecified atom stereocenters. The molecule has 1 N–H and O–H groups in total. The first-order valence-electron chi connectivity index (χ1n) is 8.38. The van der Waals surface area contributed by atoms with E-state index in [1.165, 1.54) is 29.9 Å². The molecular formula is C18H26ClNOS. The Morgan fingerprint density at radius 1 is 1.14 bits per heavy atom. The Morgan fingerprint density at radius 3 is 2.36 bits per heavy atom. The molecule has 2 heterocycles. The quantitative estimate of drug-likeness (QED) is 0.901. The van der Waals surface area contributed by atoms with Crippen LogP contribution in [-0.4, -0.2) is 47.3 Å². The van der Waals surface area contributed by atoms with Crippen LogP contribution >= 0.6 is 23.4 Å². The lowest BCUT2D eigenvalue weighted by Gasteiger charge is -2.44. The molecule has 2 aliphatic rings. The Morgan fingerprint density at radius 2 is 1.77 bits per heavy atom. The maximum absolute atomic E-state index is 10.0. The van der Waals surface area contributed by atoms with E-state index < -0.39 is 0 Å². The molecule has 0 radical (unpaired) electrons. The molecule has 0 saturated carbocycles. The van der Waals surface area contributed by atoms with Crippen molar-refractivity contribution in [2.24, 2.45) is 5.41 Å². The van der Waals surface area contributed by atoms with Crippen molar-refractivity contribution in [2.75, 3.05) is 31.2 Å². The van der Waals surface area contributed by atoms with Crippen molar-refractivity contribution in [2.45, 2.75) is 38.1 Å². The number of hydrogen-bond donors (Lipinski definition) is 1. The van der Waals surface area contributed by atoms with Crippen LogP contribution in [0.2, 0.25) is 5.02 Å². The third kappa shape index (κ3) is 4.00. The molecule has 2 fully saturated rings. The minimum absolute atomic E-state index is 0.0632. The van der Waals surface area contributed by atoms with Gasteiger partial charge in [0.25, 0.3) is 0 Å². The summed E-state index contributed by atoms with van der Waals surface area (Å²) in [7, 11) is 0. The van der Waals surface area contributed by atoms with Crippen molar-refractivity contribution in [3.05, 3.63) is 34.9 Å². The van der Waals surface area contributed by atoms with Gasteiger partial charge >= 0.3 is 0 Å². The SMILES string of the molecule is OCC1(Cc2ccc(Cl)cc2)CCN(C2CCSCC2)CC1. The van der Waals surface area contributed by atoms with Crippen molar-refractivity contribution in [1.82, 2.24) is 4.90 Å². The average Bonchev–Trinajstić information content (AvgIpc) is 2.58. The van der Waals surface area contributed by atoms with E-state index in [-0.39, 0.29) is 5.41 Å². The third-order valence-corrected chi connectivity index (χ3v) is 6.69. The molecule has 2 aliphatic heterocycles. The van der Waals surface area contributed by atoms with E-state index in [1.54, 1.807) is 0 Å². The Hall–Kier alpha value is -0.220. The second-order valence-electron chi connectivity index (χ2n) is 6.84. The molecule has 1 aromatic carbocycles. The number of halogens is 1. The number of rotatable bonds is 4. The number of likely N-dealkylation sites (tertiary alicyclic amines) is 1. The summed E-state index contributed by atoms with van der Waals surface area (Å²) in [6.45, 7) is 2.58. The van der Waals surface area contributed by atoms with Gasteiger partial charge in [0.1, 0.15) is 0 Å². The molecule has 4 heteroatoms. The van der Waals surface area contributed by atoms with Gasteiger partial charge in [-0.15, -0.1) is 0 Å². The summed E-state index contributed by atoms with van der Waals surface area (Å²) < 4.78 is 0. The van der Waals surface area contributed by atoms with Gasteiger partial charge in [-0.2, -0.15) is 11.8 Å². The van der Waals surface area contributed by atoms with Gasteiger partial charge in [0.05, 0.1) is 0 Å². The second kappa shape index (κ2) is 7.57. The highest BCUT2D eigenvalue weighted by molar-refractivity contribution is 7.99. The molecular weight excluding hydrogens is 314 g/mol. The number of nitrogens with zero attached hydrogens (tertiary/aromatic N) is 1. The van der Waals surface area contributed by atoms with Crippen LogP contribution in [0.15, 0.2) is 24.3 Å². The van der Waals surface area contributed by atoms with Crippen molar-refractivity contribution in [1.29, 1.82) is 0 Å². The summed E-state index contributed by atoms with van der Waals surface area (Å²) in [4.78, 5) is 2.68. The summed E-state index contributed by atoms with van der Waals surface area (Å²) in [6, 6.07) is 8.90. The monoisotopic (exact) mass is 339 g/mol. The van der Waals surface area contributed by atoms with Crippen LogP contribution in [-0.2, 0) is 6.42 Å². The van der Waals surface area contributed by atoms with Crippen molar-refractivity contribution < 1.29 is 5.11 Å². The normalized spacial score (nSPS) is 23.5. The molecule has 0 amide bonds. The predicted octanol–water partition coefficient (Wildman–Crippen LogP) is 3.85.